The van der Waals surface area contributed by atoms with Crippen LogP contribution in [0.5, 0.6) is 0 Å². The number of carbonyl (C=O) groups is 1. The Kier molecular flexibility index (Phi) is 6.11. The van der Waals surface area contributed by atoms with Gasteiger partial charge in [-0.2, -0.15) is 0 Å². The molecule has 0 radical (unpaired) electrons. The van der Waals surface area contributed by atoms with Crippen molar-refractivity contribution in [1.82, 2.24) is 5.48 Å². The van der Waals surface area contributed by atoms with Crippen molar-refractivity contribution >= 4 is 23.4 Å². The molecule has 1 amide bonds. The average Bonchev–Trinajstić information content (AvgIpc) is 3.14. The molecule has 152 valence electrons. The molecule has 5 heteroatoms. The number of fused-ring (bicyclic) bond motifs is 1. The molecular weight excluding hydrogens is 374 g/mol. The Hall–Kier alpha value is -3.57. The van der Waals surface area contributed by atoms with Crippen LogP contribution in [0.3, 0.4) is 0 Å². The Morgan fingerprint density at radius 2 is 1.70 bits per heavy atom. The highest BCUT2D eigenvalue weighted by Crippen LogP contribution is 2.38. The maximum atomic E-state index is 11.3. The fourth-order valence-corrected chi connectivity index (χ4v) is 3.80. The van der Waals surface area contributed by atoms with Gasteiger partial charge in [-0.25, -0.2) is 5.48 Å². The van der Waals surface area contributed by atoms with Gasteiger partial charge in [-0.15, -0.1) is 0 Å². The highest BCUT2D eigenvalue weighted by molar-refractivity contribution is 5.91. The standard InChI is InChI=1S/C25H25N3O2/c29-25(27-30)16-13-20-11-14-22-23(17-20)28(18-21-9-5-2-6-10-21)24(26-22)15-12-19-7-3-1-4-8-19/h1-11,13-14,16-17,24,26,30H,12,15,18H2,(H,27,29). The molecule has 5 nitrogen and oxygen atoms in total. The number of aryl methyl sites for hydroxylation is 1. The van der Waals surface area contributed by atoms with E-state index in [1.807, 2.05) is 24.3 Å². The van der Waals surface area contributed by atoms with Gasteiger partial charge in [-0.05, 0) is 47.7 Å². The lowest BCUT2D eigenvalue weighted by atomic mass is 10.1. The molecule has 3 aromatic carbocycles. The zero-order chi connectivity index (χ0) is 20.8. The molecule has 3 aromatic rings. The molecule has 3 N–H and O–H groups in total. The van der Waals surface area contributed by atoms with E-state index in [1.165, 1.54) is 17.2 Å². The zero-order valence-electron chi connectivity index (χ0n) is 16.7. The number of rotatable bonds is 7. The summed E-state index contributed by atoms with van der Waals surface area (Å²) in [6.45, 7) is 0.796. The summed E-state index contributed by atoms with van der Waals surface area (Å²) < 4.78 is 0. The highest BCUT2D eigenvalue weighted by atomic mass is 16.5. The van der Waals surface area contributed by atoms with E-state index in [4.69, 9.17) is 5.21 Å². The van der Waals surface area contributed by atoms with E-state index in [-0.39, 0.29) is 6.17 Å². The molecule has 1 atom stereocenters. The van der Waals surface area contributed by atoms with E-state index in [0.717, 1.165) is 36.3 Å². The maximum Gasteiger partial charge on any atom is 0.267 e. The molecule has 0 fully saturated rings. The molecule has 0 saturated heterocycles. The van der Waals surface area contributed by atoms with Crippen molar-refractivity contribution in [3.8, 4) is 0 Å². The van der Waals surface area contributed by atoms with Crippen LogP contribution in [0.15, 0.2) is 84.9 Å². The van der Waals surface area contributed by atoms with Crippen molar-refractivity contribution in [2.24, 2.45) is 0 Å². The second-order valence-corrected chi connectivity index (χ2v) is 7.38. The van der Waals surface area contributed by atoms with Gasteiger partial charge in [0.15, 0.2) is 0 Å². The molecule has 0 spiro atoms. The number of hydroxylamine groups is 1. The van der Waals surface area contributed by atoms with E-state index in [2.05, 4.69) is 64.8 Å². The van der Waals surface area contributed by atoms with Gasteiger partial charge in [0.2, 0.25) is 0 Å². The third-order valence-electron chi connectivity index (χ3n) is 5.31. The van der Waals surface area contributed by atoms with Gasteiger partial charge in [0.1, 0.15) is 0 Å². The van der Waals surface area contributed by atoms with E-state index in [0.29, 0.717) is 0 Å². The average molecular weight is 399 g/mol. The number of anilines is 2. The lowest BCUT2D eigenvalue weighted by Gasteiger charge is -2.27. The van der Waals surface area contributed by atoms with Gasteiger partial charge in [0.05, 0.1) is 17.5 Å². The number of nitrogens with zero attached hydrogens (tertiary/aromatic N) is 1. The quantitative estimate of drug-likeness (QED) is 0.309. The Labute approximate surface area is 176 Å². The smallest absolute Gasteiger partial charge is 0.267 e. The van der Waals surface area contributed by atoms with Crippen LogP contribution in [-0.2, 0) is 17.8 Å². The molecule has 1 aliphatic rings. The van der Waals surface area contributed by atoms with Crippen LogP contribution in [-0.4, -0.2) is 17.3 Å². The number of carbonyl (C=O) groups excluding carboxylic acids is 1. The normalized spacial score (nSPS) is 15.1. The van der Waals surface area contributed by atoms with Gasteiger partial charge in [0, 0.05) is 12.6 Å². The van der Waals surface area contributed by atoms with Crippen LogP contribution in [0.4, 0.5) is 11.4 Å². The lowest BCUT2D eigenvalue weighted by Crippen LogP contribution is -2.35. The molecule has 0 saturated carbocycles. The summed E-state index contributed by atoms with van der Waals surface area (Å²) >= 11 is 0. The molecule has 0 aliphatic carbocycles. The topological polar surface area (TPSA) is 64.6 Å². The summed E-state index contributed by atoms with van der Waals surface area (Å²) in [5.41, 5.74) is 7.30. The third-order valence-corrected chi connectivity index (χ3v) is 5.31. The van der Waals surface area contributed by atoms with Crippen molar-refractivity contribution in [2.45, 2.75) is 25.6 Å². The number of hydrogen-bond acceptors (Lipinski definition) is 4. The molecule has 4 rings (SSSR count). The summed E-state index contributed by atoms with van der Waals surface area (Å²) in [6, 6.07) is 27.1. The van der Waals surface area contributed by atoms with Crippen molar-refractivity contribution in [1.29, 1.82) is 0 Å². The predicted octanol–water partition coefficient (Wildman–Crippen LogP) is 4.60. The van der Waals surface area contributed by atoms with Crippen LogP contribution < -0.4 is 15.7 Å². The van der Waals surface area contributed by atoms with E-state index in [1.54, 1.807) is 11.6 Å². The summed E-state index contributed by atoms with van der Waals surface area (Å²) in [7, 11) is 0. The van der Waals surface area contributed by atoms with Crippen molar-refractivity contribution in [3.63, 3.8) is 0 Å². The van der Waals surface area contributed by atoms with Crippen LogP contribution in [0, 0.1) is 0 Å². The van der Waals surface area contributed by atoms with Crippen LogP contribution in [0.1, 0.15) is 23.1 Å². The second-order valence-electron chi connectivity index (χ2n) is 7.38. The number of nitrogens with one attached hydrogen (secondary N) is 2. The fourth-order valence-electron chi connectivity index (χ4n) is 3.80. The summed E-state index contributed by atoms with van der Waals surface area (Å²) in [5.74, 6) is -0.546. The largest absolute Gasteiger partial charge is 0.363 e. The molecular formula is C25H25N3O2. The van der Waals surface area contributed by atoms with Crippen LogP contribution in [0.2, 0.25) is 0 Å². The zero-order valence-corrected chi connectivity index (χ0v) is 16.7. The molecule has 0 aromatic heterocycles. The highest BCUT2D eigenvalue weighted by Gasteiger charge is 2.28. The Morgan fingerprint density at radius 3 is 2.40 bits per heavy atom. The van der Waals surface area contributed by atoms with Gasteiger partial charge < -0.3 is 10.2 Å². The minimum absolute atomic E-state index is 0.181. The minimum Gasteiger partial charge on any atom is -0.363 e. The summed E-state index contributed by atoms with van der Waals surface area (Å²) in [5, 5.41) is 12.4. The Bertz CT molecular complexity index is 1020. The monoisotopic (exact) mass is 399 g/mol. The second kappa shape index (κ2) is 9.29. The van der Waals surface area contributed by atoms with Gasteiger partial charge in [-0.1, -0.05) is 66.7 Å². The van der Waals surface area contributed by atoms with Gasteiger partial charge >= 0.3 is 0 Å². The Balaban J connectivity index is 1.58. The fraction of sp³-hybridized carbons (Fsp3) is 0.160. The van der Waals surface area contributed by atoms with E-state index < -0.39 is 5.91 Å². The maximum absolute atomic E-state index is 11.3. The summed E-state index contributed by atoms with van der Waals surface area (Å²) in [4.78, 5) is 13.7. The molecule has 1 aliphatic heterocycles. The van der Waals surface area contributed by atoms with Crippen molar-refractivity contribution in [3.05, 3.63) is 102 Å². The Morgan fingerprint density at radius 1 is 1.00 bits per heavy atom. The minimum atomic E-state index is -0.546. The first kappa shape index (κ1) is 19.7. The third kappa shape index (κ3) is 4.70. The first-order chi connectivity index (χ1) is 14.7. The molecule has 1 unspecified atom stereocenters. The first-order valence-electron chi connectivity index (χ1n) is 10.1. The predicted molar refractivity (Wildman–Crippen MR) is 120 cm³/mol. The van der Waals surface area contributed by atoms with Crippen molar-refractivity contribution < 1.29 is 10.0 Å². The molecule has 1 heterocycles. The van der Waals surface area contributed by atoms with E-state index >= 15 is 0 Å². The number of benzene rings is 3. The molecule has 30 heavy (non-hydrogen) atoms. The van der Waals surface area contributed by atoms with Gasteiger partial charge in [0.25, 0.3) is 5.91 Å². The SMILES string of the molecule is O=C(C=Cc1ccc2c(c1)N(Cc1ccccc1)C(CCc1ccccc1)N2)NO. The van der Waals surface area contributed by atoms with Crippen LogP contribution >= 0.6 is 0 Å². The van der Waals surface area contributed by atoms with E-state index in [9.17, 15) is 4.79 Å². The molecule has 0 bridgehead atoms. The number of amides is 1. The summed E-state index contributed by atoms with van der Waals surface area (Å²) in [6.07, 6.45) is 5.16. The van der Waals surface area contributed by atoms with Crippen LogP contribution in [0.25, 0.3) is 6.08 Å². The lowest BCUT2D eigenvalue weighted by molar-refractivity contribution is -0.124. The van der Waals surface area contributed by atoms with Crippen molar-refractivity contribution in [2.75, 3.05) is 10.2 Å². The first-order valence-corrected chi connectivity index (χ1v) is 10.1. The number of hydrogen-bond donors (Lipinski definition) is 3. The van der Waals surface area contributed by atoms with Gasteiger partial charge in [-0.3, -0.25) is 10.0 Å².